The average molecular weight is 538 g/mol. The van der Waals surface area contributed by atoms with Gasteiger partial charge in [0.2, 0.25) is 17.7 Å². The SMILES string of the molecule is CSCCC(NC(=O)C(NC(=O)C(N)CS)C(C)C)C(=O)NC(Cc1c[nH]c2ccccc12)C(=O)O. The number of aliphatic carboxylic acids is 1. The Morgan fingerprint density at radius 1 is 1.06 bits per heavy atom. The fraction of sp³-hybridized carbons (Fsp3) is 0.500. The number of nitrogens with one attached hydrogen (secondary N) is 4. The number of carbonyl (C=O) groups excluding carboxylic acids is 3. The second-order valence-electron chi connectivity index (χ2n) is 8.83. The molecule has 12 heteroatoms. The molecule has 1 aromatic heterocycles. The molecule has 0 fully saturated rings. The summed E-state index contributed by atoms with van der Waals surface area (Å²) in [7, 11) is 0. The van der Waals surface area contributed by atoms with Gasteiger partial charge in [0.1, 0.15) is 18.1 Å². The molecular formula is C24H35N5O5S2. The van der Waals surface area contributed by atoms with Gasteiger partial charge in [0.25, 0.3) is 0 Å². The van der Waals surface area contributed by atoms with Crippen LogP contribution in [0.3, 0.4) is 0 Å². The Morgan fingerprint density at radius 3 is 2.33 bits per heavy atom. The van der Waals surface area contributed by atoms with Crippen molar-refractivity contribution in [1.29, 1.82) is 0 Å². The first-order valence-corrected chi connectivity index (χ1v) is 13.7. The molecule has 3 amide bonds. The van der Waals surface area contributed by atoms with Crippen LogP contribution in [0.25, 0.3) is 10.9 Å². The maximum atomic E-state index is 13.1. The number of H-pyrrole nitrogens is 1. The number of thioether (sulfide) groups is 1. The second kappa shape index (κ2) is 14.1. The van der Waals surface area contributed by atoms with E-state index in [2.05, 4.69) is 33.6 Å². The number of aromatic amines is 1. The maximum absolute atomic E-state index is 13.1. The quantitative estimate of drug-likeness (QED) is 0.176. The van der Waals surface area contributed by atoms with Gasteiger partial charge in [-0.15, -0.1) is 0 Å². The topological polar surface area (TPSA) is 166 Å². The molecule has 36 heavy (non-hydrogen) atoms. The van der Waals surface area contributed by atoms with Crippen LogP contribution in [0, 0.1) is 5.92 Å². The molecule has 0 aliphatic rings. The van der Waals surface area contributed by atoms with E-state index in [0.29, 0.717) is 5.75 Å². The van der Waals surface area contributed by atoms with Crippen LogP contribution in [0.2, 0.25) is 0 Å². The highest BCUT2D eigenvalue weighted by molar-refractivity contribution is 7.98. The Kier molecular flexibility index (Phi) is 11.6. The van der Waals surface area contributed by atoms with Gasteiger partial charge in [0.15, 0.2) is 0 Å². The Labute approximate surface area is 220 Å². The Morgan fingerprint density at radius 2 is 1.72 bits per heavy atom. The molecular weight excluding hydrogens is 502 g/mol. The maximum Gasteiger partial charge on any atom is 0.326 e. The van der Waals surface area contributed by atoms with Crippen molar-refractivity contribution in [1.82, 2.24) is 20.9 Å². The number of carboxylic acids is 1. The van der Waals surface area contributed by atoms with Crippen LogP contribution in [-0.4, -0.2) is 75.7 Å². The number of carboxylic acid groups (broad SMARTS) is 1. The van der Waals surface area contributed by atoms with E-state index in [1.807, 2.05) is 30.5 Å². The largest absolute Gasteiger partial charge is 0.480 e. The van der Waals surface area contributed by atoms with Gasteiger partial charge in [0.05, 0.1) is 6.04 Å². The highest BCUT2D eigenvalue weighted by atomic mass is 32.2. The van der Waals surface area contributed by atoms with Crippen molar-refractivity contribution >= 4 is 59.0 Å². The fourth-order valence-electron chi connectivity index (χ4n) is 3.64. The number of benzene rings is 1. The standard InChI is InChI=1S/C24H35N5O5S2/c1-13(2)20(29-21(30)16(25)12-35)23(32)27-18(8-9-36-3)22(31)28-19(24(33)34)10-14-11-26-17-7-5-4-6-15(14)17/h4-7,11,13,16,18-20,26,35H,8-10,12,25H2,1-3H3,(H,27,32)(H,28,31)(H,29,30)(H,33,34). The minimum atomic E-state index is -1.20. The Hall–Kier alpha value is -2.70. The minimum absolute atomic E-state index is 0.0700. The molecule has 0 saturated carbocycles. The van der Waals surface area contributed by atoms with Crippen LogP contribution in [0.4, 0.5) is 0 Å². The molecule has 1 heterocycles. The molecule has 0 aliphatic heterocycles. The van der Waals surface area contributed by atoms with Crippen LogP contribution in [-0.2, 0) is 25.6 Å². The number of amides is 3. The first-order valence-electron chi connectivity index (χ1n) is 11.6. The number of para-hydroxylation sites is 1. The molecule has 1 aromatic carbocycles. The number of hydrogen-bond donors (Lipinski definition) is 7. The van der Waals surface area contributed by atoms with E-state index in [1.54, 1.807) is 20.0 Å². The van der Waals surface area contributed by atoms with E-state index < -0.39 is 47.9 Å². The summed E-state index contributed by atoms with van der Waals surface area (Å²) in [5, 5.41) is 18.5. The highest BCUT2D eigenvalue weighted by Crippen LogP contribution is 2.19. The van der Waals surface area contributed by atoms with Crippen molar-refractivity contribution < 1.29 is 24.3 Å². The first kappa shape index (κ1) is 29.5. The predicted molar refractivity (Wildman–Crippen MR) is 145 cm³/mol. The molecule has 0 aliphatic carbocycles. The summed E-state index contributed by atoms with van der Waals surface area (Å²) >= 11 is 5.50. The smallest absolute Gasteiger partial charge is 0.326 e. The Balaban J connectivity index is 2.16. The van der Waals surface area contributed by atoms with Gasteiger partial charge in [-0.3, -0.25) is 14.4 Å². The number of hydrogen-bond acceptors (Lipinski definition) is 7. The van der Waals surface area contributed by atoms with Gasteiger partial charge in [-0.1, -0.05) is 32.0 Å². The summed E-state index contributed by atoms with van der Waals surface area (Å²) in [4.78, 5) is 53.5. The van der Waals surface area contributed by atoms with Crippen LogP contribution < -0.4 is 21.7 Å². The van der Waals surface area contributed by atoms with Crippen LogP contribution >= 0.6 is 24.4 Å². The van der Waals surface area contributed by atoms with Crippen LogP contribution in [0.15, 0.2) is 30.5 Å². The summed E-state index contributed by atoms with van der Waals surface area (Å²) in [5.41, 5.74) is 7.33. The lowest BCUT2D eigenvalue weighted by Gasteiger charge is -2.26. The van der Waals surface area contributed by atoms with Gasteiger partial charge in [0, 0.05) is 29.3 Å². The van der Waals surface area contributed by atoms with E-state index in [0.717, 1.165) is 16.5 Å². The first-order chi connectivity index (χ1) is 17.1. The number of fused-ring (bicyclic) bond motifs is 1. The average Bonchev–Trinajstić information content (AvgIpc) is 3.26. The molecule has 198 valence electrons. The lowest BCUT2D eigenvalue weighted by molar-refractivity contribution is -0.142. The van der Waals surface area contributed by atoms with E-state index in [9.17, 15) is 24.3 Å². The van der Waals surface area contributed by atoms with Gasteiger partial charge in [-0.2, -0.15) is 24.4 Å². The third-order valence-corrected chi connectivity index (χ3v) is 6.77. The molecule has 7 N–H and O–H groups in total. The lowest BCUT2D eigenvalue weighted by atomic mass is 10.0. The van der Waals surface area contributed by atoms with Crippen molar-refractivity contribution in [3.63, 3.8) is 0 Å². The van der Waals surface area contributed by atoms with Crippen molar-refractivity contribution in [3.8, 4) is 0 Å². The molecule has 0 spiro atoms. The summed E-state index contributed by atoms with van der Waals surface area (Å²) in [6.07, 6.45) is 3.95. The molecule has 0 saturated heterocycles. The third-order valence-electron chi connectivity index (χ3n) is 5.74. The molecule has 0 radical (unpaired) electrons. The van der Waals surface area contributed by atoms with Gasteiger partial charge in [-0.25, -0.2) is 4.79 Å². The van der Waals surface area contributed by atoms with E-state index in [1.165, 1.54) is 11.8 Å². The van der Waals surface area contributed by atoms with E-state index in [4.69, 9.17) is 5.73 Å². The van der Waals surface area contributed by atoms with Crippen LogP contribution in [0.5, 0.6) is 0 Å². The third kappa shape index (κ3) is 8.17. The number of nitrogens with two attached hydrogens (primary N) is 1. The molecule has 2 rings (SSSR count). The number of aromatic nitrogens is 1. The normalized spacial score (nSPS) is 14.6. The summed E-state index contributed by atoms with van der Waals surface area (Å²) in [6, 6.07) is 3.52. The summed E-state index contributed by atoms with van der Waals surface area (Å²) in [5.74, 6) is -2.46. The van der Waals surface area contributed by atoms with Gasteiger partial charge in [-0.05, 0) is 36.0 Å². The monoisotopic (exact) mass is 537 g/mol. The van der Waals surface area contributed by atoms with Crippen molar-refractivity contribution in [2.45, 2.75) is 50.9 Å². The molecule has 4 unspecified atom stereocenters. The number of rotatable bonds is 14. The fourth-order valence-corrected chi connectivity index (χ4v) is 4.27. The molecule has 4 atom stereocenters. The number of thiol groups is 1. The minimum Gasteiger partial charge on any atom is -0.480 e. The highest BCUT2D eigenvalue weighted by Gasteiger charge is 2.31. The number of carbonyl (C=O) groups is 4. The zero-order valence-corrected chi connectivity index (χ0v) is 22.3. The predicted octanol–water partition coefficient (Wildman–Crippen LogP) is 0.916. The molecule has 10 nitrogen and oxygen atoms in total. The molecule has 0 bridgehead atoms. The zero-order valence-electron chi connectivity index (χ0n) is 20.6. The van der Waals surface area contributed by atoms with E-state index in [-0.39, 0.29) is 24.5 Å². The zero-order chi connectivity index (χ0) is 26.8. The van der Waals surface area contributed by atoms with Crippen molar-refractivity contribution in [2.75, 3.05) is 17.8 Å². The van der Waals surface area contributed by atoms with Crippen molar-refractivity contribution in [3.05, 3.63) is 36.0 Å². The van der Waals surface area contributed by atoms with E-state index >= 15 is 0 Å². The molecule has 2 aromatic rings. The van der Waals surface area contributed by atoms with Gasteiger partial charge < -0.3 is 31.8 Å². The summed E-state index contributed by atoms with van der Waals surface area (Å²) in [6.45, 7) is 3.52. The van der Waals surface area contributed by atoms with Crippen LogP contribution in [0.1, 0.15) is 25.8 Å². The van der Waals surface area contributed by atoms with Gasteiger partial charge >= 0.3 is 5.97 Å². The Bertz CT molecular complexity index is 1060. The lowest BCUT2D eigenvalue weighted by Crippen LogP contribution is -2.58. The second-order valence-corrected chi connectivity index (χ2v) is 10.2. The summed E-state index contributed by atoms with van der Waals surface area (Å²) < 4.78 is 0. The van der Waals surface area contributed by atoms with Crippen molar-refractivity contribution in [2.24, 2.45) is 11.7 Å².